The first-order chi connectivity index (χ1) is 16.0. The van der Waals surface area contributed by atoms with Crippen molar-refractivity contribution in [1.82, 2.24) is 4.90 Å². The maximum atomic E-state index is 14.2. The second kappa shape index (κ2) is 6.52. The third kappa shape index (κ3) is 2.24. The van der Waals surface area contributed by atoms with E-state index in [2.05, 4.69) is 26.1 Å². The van der Waals surface area contributed by atoms with Crippen LogP contribution in [0.4, 0.5) is 11.4 Å². The van der Waals surface area contributed by atoms with Crippen molar-refractivity contribution < 1.29 is 14.4 Å². The zero-order chi connectivity index (χ0) is 22.5. The highest BCUT2D eigenvalue weighted by atomic mass is 79.9. The molecule has 0 aliphatic carbocycles. The van der Waals surface area contributed by atoms with E-state index in [-0.39, 0.29) is 23.8 Å². The molecule has 4 heterocycles. The van der Waals surface area contributed by atoms with Gasteiger partial charge in [0, 0.05) is 27.2 Å². The molecular formula is C26H20BrN3O3. The zero-order valence-corrected chi connectivity index (χ0v) is 19.2. The number of nitrogens with one attached hydrogen (secondary N) is 1. The predicted octanol–water partition coefficient (Wildman–Crippen LogP) is 4.03. The highest BCUT2D eigenvalue weighted by molar-refractivity contribution is 9.10. The van der Waals surface area contributed by atoms with E-state index in [4.69, 9.17) is 0 Å². The maximum absolute atomic E-state index is 14.2. The predicted molar refractivity (Wildman–Crippen MR) is 128 cm³/mol. The Morgan fingerprint density at radius 3 is 2.67 bits per heavy atom. The van der Waals surface area contributed by atoms with Crippen molar-refractivity contribution in [2.75, 3.05) is 16.8 Å². The number of amides is 3. The Kier molecular flexibility index (Phi) is 3.84. The summed E-state index contributed by atoms with van der Waals surface area (Å²) in [5.41, 5.74) is 0.961. The number of benzene rings is 3. The number of fused-ring (bicyclic) bond motifs is 8. The fraction of sp³-hybridized carbons (Fsp3) is 0.269. The van der Waals surface area contributed by atoms with E-state index in [0.717, 1.165) is 39.3 Å². The van der Waals surface area contributed by atoms with Crippen LogP contribution in [0.3, 0.4) is 0 Å². The average Bonchev–Trinajstić information content (AvgIpc) is 3.52. The molecule has 3 aromatic rings. The lowest BCUT2D eigenvalue weighted by atomic mass is 9.75. The van der Waals surface area contributed by atoms with E-state index >= 15 is 0 Å². The van der Waals surface area contributed by atoms with E-state index in [9.17, 15) is 14.4 Å². The van der Waals surface area contributed by atoms with Gasteiger partial charge < -0.3 is 5.32 Å². The molecule has 7 rings (SSSR count). The number of halogens is 1. The number of carbonyl (C=O) groups excluding carboxylic acids is 3. The van der Waals surface area contributed by atoms with E-state index < -0.39 is 17.4 Å². The highest BCUT2D eigenvalue weighted by Crippen LogP contribution is 2.61. The number of imide groups is 1. The Morgan fingerprint density at radius 2 is 1.79 bits per heavy atom. The van der Waals surface area contributed by atoms with Crippen LogP contribution in [-0.2, 0) is 19.9 Å². The van der Waals surface area contributed by atoms with Gasteiger partial charge in [-0.05, 0) is 49.0 Å². The molecule has 3 amide bonds. The summed E-state index contributed by atoms with van der Waals surface area (Å²) in [6, 6.07) is 19.0. The molecule has 0 saturated carbocycles. The lowest BCUT2D eigenvalue weighted by molar-refractivity contribution is -0.135. The van der Waals surface area contributed by atoms with Gasteiger partial charge in [-0.25, -0.2) is 4.90 Å². The quantitative estimate of drug-likeness (QED) is 0.511. The fourth-order valence-electron chi connectivity index (χ4n) is 6.82. The first kappa shape index (κ1) is 19.4. The summed E-state index contributed by atoms with van der Waals surface area (Å²) in [5, 5.41) is 4.85. The van der Waals surface area contributed by atoms with Crippen LogP contribution in [0.25, 0.3) is 10.8 Å². The van der Waals surface area contributed by atoms with Crippen LogP contribution >= 0.6 is 15.9 Å². The van der Waals surface area contributed by atoms with Gasteiger partial charge in [0.05, 0.1) is 17.5 Å². The van der Waals surface area contributed by atoms with Crippen molar-refractivity contribution in [2.24, 2.45) is 11.8 Å². The van der Waals surface area contributed by atoms with E-state index in [1.807, 2.05) is 60.7 Å². The van der Waals surface area contributed by atoms with Crippen LogP contribution in [0.2, 0.25) is 0 Å². The van der Waals surface area contributed by atoms with Crippen molar-refractivity contribution in [3.63, 3.8) is 0 Å². The average molecular weight is 502 g/mol. The summed E-state index contributed by atoms with van der Waals surface area (Å²) < 4.78 is 0.846. The lowest BCUT2D eigenvalue weighted by Crippen LogP contribution is -2.54. The summed E-state index contributed by atoms with van der Waals surface area (Å²) in [6.45, 7) is 0.700. The summed E-state index contributed by atoms with van der Waals surface area (Å²) in [6.07, 6.45) is 1.71. The SMILES string of the molecule is O=C1[C@@H]2[C@@H]3CCCN3[C@@]3(C(=O)Nc4ccc(Br)cc43)[C@H]2C(=O)N1c1cccc2ccccc12. The molecule has 4 aliphatic heterocycles. The van der Waals surface area contributed by atoms with E-state index in [1.54, 1.807) is 0 Å². The maximum Gasteiger partial charge on any atom is 0.250 e. The standard InChI is InChI=1S/C26H20BrN3O3/c27-15-10-11-18-17(13-15)26(25(33)28-18)22-21(20-9-4-12-29(20)26)23(31)30(24(22)32)19-8-3-6-14-5-1-2-7-16(14)19/h1-3,5-8,10-11,13,20-22H,4,9,12H2,(H,28,33)/t20-,21+,22+,26+/m0/s1. The molecule has 4 aliphatic rings. The fourth-order valence-corrected chi connectivity index (χ4v) is 7.18. The number of hydrogen-bond donors (Lipinski definition) is 1. The Bertz CT molecular complexity index is 1400. The van der Waals surface area contributed by atoms with Gasteiger partial charge in [0.2, 0.25) is 17.7 Å². The molecule has 3 fully saturated rings. The van der Waals surface area contributed by atoms with Gasteiger partial charge in [-0.3, -0.25) is 19.3 Å². The summed E-state index contributed by atoms with van der Waals surface area (Å²) in [4.78, 5) is 45.3. The zero-order valence-electron chi connectivity index (χ0n) is 17.6. The molecule has 0 bridgehead atoms. The molecule has 0 radical (unpaired) electrons. The molecule has 33 heavy (non-hydrogen) atoms. The smallest absolute Gasteiger partial charge is 0.250 e. The molecule has 4 atom stereocenters. The van der Waals surface area contributed by atoms with Gasteiger partial charge in [-0.15, -0.1) is 0 Å². The molecule has 1 spiro atoms. The summed E-state index contributed by atoms with van der Waals surface area (Å²) >= 11 is 3.54. The van der Waals surface area contributed by atoms with Crippen molar-refractivity contribution in [3.05, 3.63) is 70.7 Å². The van der Waals surface area contributed by atoms with Crippen LogP contribution in [0, 0.1) is 11.8 Å². The molecule has 3 aromatic carbocycles. The first-order valence-electron chi connectivity index (χ1n) is 11.3. The molecule has 0 unspecified atom stereocenters. The monoisotopic (exact) mass is 501 g/mol. The Hall–Kier alpha value is -3.03. The topological polar surface area (TPSA) is 69.7 Å². The van der Waals surface area contributed by atoms with Gasteiger partial charge in [0.1, 0.15) is 5.54 Å². The van der Waals surface area contributed by atoms with Crippen LogP contribution in [0.1, 0.15) is 18.4 Å². The molecule has 3 saturated heterocycles. The minimum atomic E-state index is -1.16. The number of anilines is 2. The number of carbonyl (C=O) groups is 3. The van der Waals surface area contributed by atoms with Crippen LogP contribution in [0.5, 0.6) is 0 Å². The second-order valence-corrected chi connectivity index (χ2v) is 10.2. The van der Waals surface area contributed by atoms with Crippen LogP contribution in [-0.4, -0.2) is 35.2 Å². The third-order valence-electron chi connectivity index (χ3n) is 7.96. The van der Waals surface area contributed by atoms with Gasteiger partial charge in [-0.1, -0.05) is 52.3 Å². The van der Waals surface area contributed by atoms with Crippen molar-refractivity contribution in [1.29, 1.82) is 0 Å². The number of hydrogen-bond acceptors (Lipinski definition) is 4. The Balaban J connectivity index is 1.46. The molecule has 1 N–H and O–H groups in total. The normalized spacial score (nSPS) is 30.3. The van der Waals surface area contributed by atoms with E-state index in [1.165, 1.54) is 4.90 Å². The molecule has 0 aromatic heterocycles. The van der Waals surface area contributed by atoms with Gasteiger partial charge in [-0.2, -0.15) is 0 Å². The van der Waals surface area contributed by atoms with Crippen molar-refractivity contribution in [3.8, 4) is 0 Å². The van der Waals surface area contributed by atoms with Gasteiger partial charge in [0.15, 0.2) is 0 Å². The van der Waals surface area contributed by atoms with Crippen LogP contribution in [0.15, 0.2) is 65.1 Å². The minimum absolute atomic E-state index is 0.123. The lowest BCUT2D eigenvalue weighted by Gasteiger charge is -2.36. The van der Waals surface area contributed by atoms with Gasteiger partial charge >= 0.3 is 0 Å². The minimum Gasteiger partial charge on any atom is -0.324 e. The molecule has 164 valence electrons. The summed E-state index contributed by atoms with van der Waals surface area (Å²) in [7, 11) is 0. The van der Waals surface area contributed by atoms with E-state index in [0.29, 0.717) is 12.2 Å². The highest BCUT2D eigenvalue weighted by Gasteiger charge is 2.74. The summed E-state index contributed by atoms with van der Waals surface area (Å²) in [5.74, 6) is -1.94. The van der Waals surface area contributed by atoms with Gasteiger partial charge in [0.25, 0.3) is 0 Å². The second-order valence-electron chi connectivity index (χ2n) is 9.33. The van der Waals surface area contributed by atoms with Crippen molar-refractivity contribution in [2.45, 2.75) is 24.4 Å². The largest absolute Gasteiger partial charge is 0.324 e. The van der Waals surface area contributed by atoms with Crippen LogP contribution < -0.4 is 10.2 Å². The molecular weight excluding hydrogens is 482 g/mol. The molecule has 6 nitrogen and oxygen atoms in total. The number of nitrogens with zero attached hydrogens (tertiary/aromatic N) is 2. The number of rotatable bonds is 1. The van der Waals surface area contributed by atoms with Crippen molar-refractivity contribution >= 4 is 55.8 Å². The first-order valence-corrected chi connectivity index (χ1v) is 12.1. The molecule has 7 heteroatoms. The Labute approximate surface area is 198 Å². The Morgan fingerprint density at radius 1 is 0.970 bits per heavy atom. The third-order valence-corrected chi connectivity index (χ3v) is 8.46.